The number of hydrogen-bond acceptors (Lipinski definition) is 6. The Kier molecular flexibility index (Phi) is 11.2. The normalized spacial score (nSPS) is 13.1. The Bertz CT molecular complexity index is 1040. The summed E-state index contributed by atoms with van der Waals surface area (Å²) >= 11 is 0. The number of nitrogens with one attached hydrogen (secondary N) is 1. The number of Topliss-reactive ketones (excluding diaryl/α,β-unsaturated/α-hetero) is 1. The Labute approximate surface area is 227 Å². The van der Waals surface area contributed by atoms with Crippen LogP contribution >= 0.6 is 0 Å². The Morgan fingerprint density at radius 1 is 0.763 bits per heavy atom. The zero-order valence-corrected chi connectivity index (χ0v) is 23.7. The van der Waals surface area contributed by atoms with Crippen molar-refractivity contribution < 1.29 is 23.9 Å². The van der Waals surface area contributed by atoms with Gasteiger partial charge in [0.2, 0.25) is 0 Å². The maximum Gasteiger partial charge on any atom is 0.407 e. The third-order valence-corrected chi connectivity index (χ3v) is 5.37. The van der Waals surface area contributed by atoms with Gasteiger partial charge in [0.1, 0.15) is 23.0 Å². The van der Waals surface area contributed by atoms with Crippen molar-refractivity contribution in [1.82, 2.24) is 5.32 Å². The van der Waals surface area contributed by atoms with Crippen LogP contribution in [0.5, 0.6) is 0 Å². The molecule has 0 heterocycles. The summed E-state index contributed by atoms with van der Waals surface area (Å²) in [7, 11) is 0. The predicted molar refractivity (Wildman–Crippen MR) is 150 cm³/mol. The number of nitrogens with zero attached hydrogens (tertiary/aromatic N) is 1. The second kappa shape index (κ2) is 13.9. The molecule has 206 valence electrons. The number of carbonyl (C=O) groups is 3. The van der Waals surface area contributed by atoms with E-state index >= 15 is 0 Å². The van der Waals surface area contributed by atoms with Gasteiger partial charge >= 0.3 is 12.1 Å². The zero-order valence-electron chi connectivity index (χ0n) is 23.7. The number of carbonyl (C=O) groups excluding carboxylic acids is 3. The van der Waals surface area contributed by atoms with Gasteiger partial charge in [-0.1, -0.05) is 60.7 Å². The van der Waals surface area contributed by atoms with Gasteiger partial charge in [-0.15, -0.1) is 0 Å². The maximum atomic E-state index is 13.2. The molecule has 0 bridgehead atoms. The van der Waals surface area contributed by atoms with E-state index in [1.807, 2.05) is 88.4 Å². The molecule has 0 spiro atoms. The summed E-state index contributed by atoms with van der Waals surface area (Å²) in [5, 5.41) is 2.75. The van der Waals surface area contributed by atoms with E-state index in [4.69, 9.17) is 14.5 Å². The van der Waals surface area contributed by atoms with Crippen LogP contribution in [0.4, 0.5) is 4.79 Å². The standard InChI is InChI=1S/C31H42N2O5/c1-22(32-29(36)38-31(5,6)7)18-19-25(34)20-21-26(28(35)37-30(2,3)4)33-27(23-14-10-8-11-15-23)24-16-12-9-13-17-24/h8-17,22,26H,18-21H2,1-7H3,(H,32,36)/t22-,26?/m1/s1. The van der Waals surface area contributed by atoms with E-state index in [0.29, 0.717) is 12.1 Å². The molecule has 2 rings (SSSR count). The topological polar surface area (TPSA) is 94.1 Å². The van der Waals surface area contributed by atoms with Gasteiger partial charge in [-0.25, -0.2) is 9.59 Å². The highest BCUT2D eigenvalue weighted by Gasteiger charge is 2.27. The van der Waals surface area contributed by atoms with Crippen molar-refractivity contribution in [2.24, 2.45) is 4.99 Å². The van der Waals surface area contributed by atoms with Crippen molar-refractivity contribution >= 4 is 23.6 Å². The third kappa shape index (κ3) is 11.7. The van der Waals surface area contributed by atoms with E-state index < -0.39 is 29.3 Å². The quantitative estimate of drug-likeness (QED) is 0.277. The average Bonchev–Trinajstić information content (AvgIpc) is 2.81. The van der Waals surface area contributed by atoms with E-state index in [2.05, 4.69) is 5.32 Å². The number of alkyl carbamates (subject to hydrolysis) is 1. The number of ketones is 1. The number of rotatable bonds is 11. The number of ether oxygens (including phenoxy) is 2. The largest absolute Gasteiger partial charge is 0.458 e. The molecule has 2 aromatic carbocycles. The van der Waals surface area contributed by atoms with Gasteiger partial charge < -0.3 is 14.8 Å². The van der Waals surface area contributed by atoms with E-state index in [1.165, 1.54) is 0 Å². The van der Waals surface area contributed by atoms with Gasteiger partial charge in [0.25, 0.3) is 0 Å². The van der Waals surface area contributed by atoms with Crippen molar-refractivity contribution in [2.45, 2.75) is 97.4 Å². The van der Waals surface area contributed by atoms with Crippen molar-refractivity contribution in [3.05, 3.63) is 71.8 Å². The molecule has 1 N–H and O–H groups in total. The Morgan fingerprint density at radius 3 is 1.71 bits per heavy atom. The molecule has 0 aliphatic rings. The molecule has 0 fully saturated rings. The highest BCUT2D eigenvalue weighted by molar-refractivity contribution is 6.13. The van der Waals surface area contributed by atoms with E-state index in [0.717, 1.165) is 11.1 Å². The fourth-order valence-corrected chi connectivity index (χ4v) is 3.65. The second-order valence-electron chi connectivity index (χ2n) is 11.4. The van der Waals surface area contributed by atoms with Crippen molar-refractivity contribution in [3.63, 3.8) is 0 Å². The number of esters is 1. The maximum absolute atomic E-state index is 13.2. The molecule has 1 unspecified atom stereocenters. The Morgan fingerprint density at radius 2 is 1.24 bits per heavy atom. The SMILES string of the molecule is C[C@H](CCC(=O)CCC(N=C(c1ccccc1)c1ccccc1)C(=O)OC(C)(C)C)NC(=O)OC(C)(C)C. The van der Waals surface area contributed by atoms with Crippen LogP contribution in [0.15, 0.2) is 65.7 Å². The fraction of sp³-hybridized carbons (Fsp3) is 0.484. The molecule has 0 aliphatic carbocycles. The third-order valence-electron chi connectivity index (χ3n) is 5.37. The smallest absolute Gasteiger partial charge is 0.407 e. The first kappa shape index (κ1) is 30.7. The van der Waals surface area contributed by atoms with Crippen LogP contribution in [0, 0.1) is 0 Å². The predicted octanol–water partition coefficient (Wildman–Crippen LogP) is 6.28. The molecule has 2 atom stereocenters. The van der Waals surface area contributed by atoms with Crippen LogP contribution in [-0.2, 0) is 19.1 Å². The first-order valence-corrected chi connectivity index (χ1v) is 13.2. The Hall–Kier alpha value is -3.48. The molecular weight excluding hydrogens is 480 g/mol. The van der Waals surface area contributed by atoms with Crippen LogP contribution in [0.25, 0.3) is 0 Å². The molecule has 38 heavy (non-hydrogen) atoms. The van der Waals surface area contributed by atoms with Crippen molar-refractivity contribution in [1.29, 1.82) is 0 Å². The van der Waals surface area contributed by atoms with E-state index in [9.17, 15) is 14.4 Å². The lowest BCUT2D eigenvalue weighted by Gasteiger charge is -2.23. The summed E-state index contributed by atoms with van der Waals surface area (Å²) in [6.45, 7) is 12.7. The molecule has 0 saturated heterocycles. The first-order valence-electron chi connectivity index (χ1n) is 13.2. The minimum atomic E-state index is -0.842. The lowest BCUT2D eigenvalue weighted by molar-refractivity contribution is -0.156. The zero-order chi connectivity index (χ0) is 28.3. The highest BCUT2D eigenvalue weighted by atomic mass is 16.6. The van der Waals surface area contributed by atoms with Gasteiger partial charge in [0.15, 0.2) is 0 Å². The number of aliphatic imine (C=N–C) groups is 1. The molecule has 1 amide bonds. The molecule has 2 aromatic rings. The van der Waals surface area contributed by atoms with Gasteiger partial charge in [0.05, 0.1) is 5.71 Å². The molecular formula is C31H42N2O5. The lowest BCUT2D eigenvalue weighted by atomic mass is 10.0. The van der Waals surface area contributed by atoms with Crippen molar-refractivity contribution in [3.8, 4) is 0 Å². The Balaban J connectivity index is 2.15. The van der Waals surface area contributed by atoms with Crippen LogP contribution < -0.4 is 5.32 Å². The van der Waals surface area contributed by atoms with Crippen LogP contribution in [-0.4, -0.2) is 46.8 Å². The summed E-state index contributed by atoms with van der Waals surface area (Å²) in [5.74, 6) is -0.470. The highest BCUT2D eigenvalue weighted by Crippen LogP contribution is 2.18. The van der Waals surface area contributed by atoms with Gasteiger partial charge in [-0.3, -0.25) is 9.79 Å². The minimum absolute atomic E-state index is 0.00688. The summed E-state index contributed by atoms with van der Waals surface area (Å²) in [6.07, 6.45) is 0.629. The number of amides is 1. The number of benzene rings is 2. The van der Waals surface area contributed by atoms with E-state index in [-0.39, 0.29) is 31.1 Å². The molecule has 0 radical (unpaired) electrons. The fourth-order valence-electron chi connectivity index (χ4n) is 3.65. The monoisotopic (exact) mass is 522 g/mol. The van der Waals surface area contributed by atoms with Crippen LogP contribution in [0.1, 0.15) is 85.3 Å². The molecule has 0 aromatic heterocycles. The average molecular weight is 523 g/mol. The second-order valence-corrected chi connectivity index (χ2v) is 11.4. The molecule has 0 saturated carbocycles. The van der Waals surface area contributed by atoms with Crippen molar-refractivity contribution in [2.75, 3.05) is 0 Å². The van der Waals surface area contributed by atoms with Crippen LogP contribution in [0.3, 0.4) is 0 Å². The molecule has 7 nitrogen and oxygen atoms in total. The number of hydrogen-bond donors (Lipinski definition) is 1. The molecule has 0 aliphatic heterocycles. The summed E-state index contributed by atoms with van der Waals surface area (Å²) in [6, 6.07) is 18.3. The summed E-state index contributed by atoms with van der Waals surface area (Å²) < 4.78 is 10.9. The van der Waals surface area contributed by atoms with Crippen LogP contribution in [0.2, 0.25) is 0 Å². The van der Waals surface area contributed by atoms with Gasteiger partial charge in [-0.2, -0.15) is 0 Å². The lowest BCUT2D eigenvalue weighted by Crippen LogP contribution is -2.37. The van der Waals surface area contributed by atoms with Gasteiger partial charge in [-0.05, 0) is 61.3 Å². The van der Waals surface area contributed by atoms with Gasteiger partial charge in [0, 0.05) is 30.0 Å². The summed E-state index contributed by atoms with van der Waals surface area (Å²) in [4.78, 5) is 42.8. The molecule has 7 heteroatoms. The first-order chi connectivity index (χ1) is 17.7. The minimum Gasteiger partial charge on any atom is -0.458 e. The van der Waals surface area contributed by atoms with E-state index in [1.54, 1.807) is 20.8 Å². The summed E-state index contributed by atoms with van der Waals surface area (Å²) in [5.41, 5.74) is 1.15.